The Morgan fingerprint density at radius 1 is 1.45 bits per heavy atom. The van der Waals surface area contributed by atoms with Crippen LogP contribution in [0.25, 0.3) is 0 Å². The van der Waals surface area contributed by atoms with Gasteiger partial charge in [0.15, 0.2) is 5.11 Å². The van der Waals surface area contributed by atoms with Gasteiger partial charge < -0.3 is 15.0 Å². The molecule has 1 aromatic carbocycles. The second-order valence-electron chi connectivity index (χ2n) is 4.80. The van der Waals surface area contributed by atoms with E-state index in [1.54, 1.807) is 31.0 Å². The molecule has 0 saturated heterocycles. The Kier molecular flexibility index (Phi) is 5.32. The molecular formula is C15H16Cl2N2O2S. The van der Waals surface area contributed by atoms with Crippen LogP contribution in [0.5, 0.6) is 0 Å². The van der Waals surface area contributed by atoms with Gasteiger partial charge in [0.1, 0.15) is 0 Å². The number of benzene rings is 1. The van der Waals surface area contributed by atoms with Crippen LogP contribution >= 0.6 is 35.4 Å². The average molecular weight is 359 g/mol. The van der Waals surface area contributed by atoms with E-state index in [9.17, 15) is 4.79 Å². The fourth-order valence-corrected chi connectivity index (χ4v) is 2.96. The lowest BCUT2D eigenvalue weighted by Gasteiger charge is -2.35. The number of allylic oxidation sites excluding steroid dienone is 1. The van der Waals surface area contributed by atoms with E-state index in [-0.39, 0.29) is 0 Å². The van der Waals surface area contributed by atoms with Crippen LogP contribution in [-0.4, -0.2) is 29.6 Å². The SMILES string of the molecule is CCOC(=O)C1=C(C)N(C)C(=S)N[C@H]1c1cccc(Cl)c1Cl. The van der Waals surface area contributed by atoms with Crippen molar-refractivity contribution in [2.24, 2.45) is 0 Å². The number of hydrogen-bond acceptors (Lipinski definition) is 3. The third-order valence-electron chi connectivity index (χ3n) is 3.54. The zero-order valence-electron chi connectivity index (χ0n) is 12.4. The van der Waals surface area contributed by atoms with Gasteiger partial charge in [-0.15, -0.1) is 0 Å². The zero-order chi connectivity index (χ0) is 16.4. The summed E-state index contributed by atoms with van der Waals surface area (Å²) in [4.78, 5) is 14.1. The number of thiocarbonyl (C=S) groups is 1. The van der Waals surface area contributed by atoms with Crippen LogP contribution in [0.4, 0.5) is 0 Å². The van der Waals surface area contributed by atoms with E-state index in [1.807, 2.05) is 13.0 Å². The van der Waals surface area contributed by atoms with Crippen LogP contribution < -0.4 is 5.32 Å². The molecule has 0 aromatic heterocycles. The van der Waals surface area contributed by atoms with Gasteiger partial charge in [-0.3, -0.25) is 0 Å². The van der Waals surface area contributed by atoms with Crippen molar-refractivity contribution < 1.29 is 9.53 Å². The number of carbonyl (C=O) groups is 1. The van der Waals surface area contributed by atoms with Crippen molar-refractivity contribution >= 4 is 46.5 Å². The molecule has 0 aliphatic carbocycles. The topological polar surface area (TPSA) is 41.6 Å². The summed E-state index contributed by atoms with van der Waals surface area (Å²) in [5, 5.41) is 4.45. The standard InChI is InChI=1S/C15H16Cl2N2O2S/c1-4-21-14(20)11-8(2)19(3)15(22)18-13(11)9-6-5-7-10(16)12(9)17/h5-7,13H,4H2,1-3H3,(H,18,22)/t13-/m0/s1. The number of hydrogen-bond donors (Lipinski definition) is 1. The molecule has 1 aromatic rings. The molecule has 0 amide bonds. The summed E-state index contributed by atoms with van der Waals surface area (Å²) in [6, 6.07) is 4.80. The second kappa shape index (κ2) is 6.86. The summed E-state index contributed by atoms with van der Waals surface area (Å²) >= 11 is 17.7. The van der Waals surface area contributed by atoms with Gasteiger partial charge in [-0.05, 0) is 37.7 Å². The normalized spacial score (nSPS) is 18.3. The molecule has 7 heteroatoms. The molecule has 1 atom stereocenters. The van der Waals surface area contributed by atoms with E-state index in [1.165, 1.54) is 0 Å². The first-order valence-corrected chi connectivity index (χ1v) is 7.90. The number of halogens is 2. The van der Waals surface area contributed by atoms with E-state index in [4.69, 9.17) is 40.2 Å². The minimum Gasteiger partial charge on any atom is -0.463 e. The van der Waals surface area contributed by atoms with Crippen molar-refractivity contribution in [3.05, 3.63) is 45.1 Å². The molecule has 0 bridgehead atoms. The fraction of sp³-hybridized carbons (Fsp3) is 0.333. The molecule has 0 radical (unpaired) electrons. The Hall–Kier alpha value is -1.30. The van der Waals surface area contributed by atoms with E-state index in [2.05, 4.69) is 5.32 Å². The van der Waals surface area contributed by atoms with E-state index in [0.29, 0.717) is 32.9 Å². The van der Waals surface area contributed by atoms with Crippen molar-refractivity contribution in [2.75, 3.05) is 13.7 Å². The van der Waals surface area contributed by atoms with Crippen molar-refractivity contribution in [1.82, 2.24) is 10.2 Å². The largest absolute Gasteiger partial charge is 0.463 e. The van der Waals surface area contributed by atoms with Gasteiger partial charge in [0.2, 0.25) is 0 Å². The highest BCUT2D eigenvalue weighted by atomic mass is 35.5. The number of nitrogens with one attached hydrogen (secondary N) is 1. The summed E-state index contributed by atoms with van der Waals surface area (Å²) in [5.74, 6) is -0.400. The molecule has 4 nitrogen and oxygen atoms in total. The fourth-order valence-electron chi connectivity index (χ4n) is 2.29. The maximum atomic E-state index is 12.4. The molecule has 1 heterocycles. The van der Waals surface area contributed by atoms with E-state index >= 15 is 0 Å². The lowest BCUT2D eigenvalue weighted by molar-refractivity contribution is -0.139. The van der Waals surface area contributed by atoms with Gasteiger partial charge in [0, 0.05) is 12.7 Å². The van der Waals surface area contributed by atoms with Gasteiger partial charge in [-0.25, -0.2) is 4.79 Å². The number of esters is 1. The predicted molar refractivity (Wildman–Crippen MR) is 92.0 cm³/mol. The first kappa shape index (κ1) is 17.1. The lowest BCUT2D eigenvalue weighted by atomic mass is 9.95. The zero-order valence-corrected chi connectivity index (χ0v) is 14.8. The highest BCUT2D eigenvalue weighted by Gasteiger charge is 2.34. The molecule has 2 rings (SSSR count). The molecule has 118 valence electrons. The second-order valence-corrected chi connectivity index (χ2v) is 5.98. The summed E-state index contributed by atoms with van der Waals surface area (Å²) in [5.41, 5.74) is 1.89. The molecule has 1 N–H and O–H groups in total. The van der Waals surface area contributed by atoms with Gasteiger partial charge in [-0.2, -0.15) is 0 Å². The molecule has 0 saturated carbocycles. The summed E-state index contributed by atoms with van der Waals surface area (Å²) in [7, 11) is 1.79. The summed E-state index contributed by atoms with van der Waals surface area (Å²) < 4.78 is 5.17. The number of nitrogens with zero attached hydrogens (tertiary/aromatic N) is 1. The van der Waals surface area contributed by atoms with Crippen LogP contribution in [0.3, 0.4) is 0 Å². The Bertz CT molecular complexity index is 661. The van der Waals surface area contributed by atoms with Crippen LogP contribution in [0, 0.1) is 0 Å². The third-order valence-corrected chi connectivity index (χ3v) is 4.77. The number of carbonyl (C=O) groups excluding carboxylic acids is 1. The minimum absolute atomic E-state index is 0.291. The van der Waals surface area contributed by atoms with Gasteiger partial charge in [0.05, 0.1) is 28.3 Å². The van der Waals surface area contributed by atoms with Crippen LogP contribution in [0.1, 0.15) is 25.5 Å². The predicted octanol–water partition coefficient (Wildman–Crippen LogP) is 3.69. The Balaban J connectivity index is 2.58. The maximum absolute atomic E-state index is 12.4. The minimum atomic E-state index is -0.492. The van der Waals surface area contributed by atoms with Gasteiger partial charge in [0.25, 0.3) is 0 Å². The summed E-state index contributed by atoms with van der Waals surface area (Å²) in [6.07, 6.45) is 0. The lowest BCUT2D eigenvalue weighted by Crippen LogP contribution is -2.46. The van der Waals surface area contributed by atoms with Crippen molar-refractivity contribution in [1.29, 1.82) is 0 Å². The molecule has 0 spiro atoms. The molecular weight excluding hydrogens is 343 g/mol. The molecule has 0 fully saturated rings. The van der Waals surface area contributed by atoms with Crippen LogP contribution in [0.2, 0.25) is 10.0 Å². The molecule has 1 aliphatic rings. The van der Waals surface area contributed by atoms with E-state index < -0.39 is 12.0 Å². The number of rotatable bonds is 3. The van der Waals surface area contributed by atoms with Crippen molar-refractivity contribution in [3.8, 4) is 0 Å². The monoisotopic (exact) mass is 358 g/mol. The Labute approximate surface area is 145 Å². The first-order valence-electron chi connectivity index (χ1n) is 6.74. The Morgan fingerprint density at radius 3 is 2.77 bits per heavy atom. The quantitative estimate of drug-likeness (QED) is 0.659. The van der Waals surface area contributed by atoms with Crippen molar-refractivity contribution in [2.45, 2.75) is 19.9 Å². The third kappa shape index (κ3) is 3.07. The van der Waals surface area contributed by atoms with Gasteiger partial charge >= 0.3 is 5.97 Å². The first-order chi connectivity index (χ1) is 10.4. The van der Waals surface area contributed by atoms with E-state index in [0.717, 1.165) is 5.70 Å². The number of ether oxygens (including phenoxy) is 1. The van der Waals surface area contributed by atoms with Crippen LogP contribution in [-0.2, 0) is 9.53 Å². The van der Waals surface area contributed by atoms with Gasteiger partial charge in [-0.1, -0.05) is 35.3 Å². The van der Waals surface area contributed by atoms with Crippen LogP contribution in [0.15, 0.2) is 29.5 Å². The highest BCUT2D eigenvalue weighted by molar-refractivity contribution is 7.80. The highest BCUT2D eigenvalue weighted by Crippen LogP contribution is 2.37. The summed E-state index contributed by atoms with van der Waals surface area (Å²) in [6.45, 7) is 3.88. The molecule has 0 unspecified atom stereocenters. The average Bonchev–Trinajstić information content (AvgIpc) is 2.47. The molecule has 1 aliphatic heterocycles. The smallest absolute Gasteiger partial charge is 0.338 e. The molecule has 22 heavy (non-hydrogen) atoms. The Morgan fingerprint density at radius 2 is 2.14 bits per heavy atom. The maximum Gasteiger partial charge on any atom is 0.338 e. The van der Waals surface area contributed by atoms with Crippen molar-refractivity contribution in [3.63, 3.8) is 0 Å².